The van der Waals surface area contributed by atoms with E-state index in [2.05, 4.69) is 37.7 Å². The highest BCUT2D eigenvalue weighted by Crippen LogP contribution is 2.33. The number of piperazine rings is 1. The first-order valence-electron chi connectivity index (χ1n) is 9.67. The molecule has 3 aromatic heterocycles. The summed E-state index contributed by atoms with van der Waals surface area (Å²) in [6, 6.07) is 6.82. The number of hydrogen-bond acceptors (Lipinski definition) is 6. The van der Waals surface area contributed by atoms with Crippen molar-refractivity contribution in [1.82, 2.24) is 19.9 Å². The highest BCUT2D eigenvalue weighted by atomic mass is 32.1. The molecular weight excluding hydrogens is 354 g/mol. The third-order valence-corrected chi connectivity index (χ3v) is 6.35. The van der Waals surface area contributed by atoms with E-state index in [1.54, 1.807) is 17.5 Å². The zero-order valence-corrected chi connectivity index (χ0v) is 16.1. The Labute approximate surface area is 163 Å². The first-order valence-corrected chi connectivity index (χ1v) is 10.6. The molecule has 0 amide bonds. The second-order valence-electron chi connectivity index (χ2n) is 7.32. The van der Waals surface area contributed by atoms with E-state index in [9.17, 15) is 0 Å². The van der Waals surface area contributed by atoms with Crippen LogP contribution in [0, 0.1) is 0 Å². The smallest absolute Gasteiger partial charge is 0.225 e. The van der Waals surface area contributed by atoms with Crippen LogP contribution in [-0.2, 0) is 0 Å². The number of nitrogens with zero attached hydrogens (tertiary/aromatic N) is 5. The van der Waals surface area contributed by atoms with Crippen molar-refractivity contribution in [2.75, 3.05) is 31.1 Å². The van der Waals surface area contributed by atoms with Crippen molar-refractivity contribution in [3.05, 3.63) is 47.5 Å². The minimum atomic E-state index is 0.648. The standard InChI is InChI=1S/C21H23N5S/c1-2-8-25-9-10-26(14-18(25)5-1)21-23-13-19(17-6-11-27-15-17)20(24-21)16-4-3-7-22-12-16/h3-4,6-7,11-13,15,18H,1-2,5,8-10,14H2/t18-/m0/s1. The molecule has 0 radical (unpaired) electrons. The number of pyridine rings is 1. The van der Waals surface area contributed by atoms with E-state index in [1.807, 2.05) is 18.5 Å². The quantitative estimate of drug-likeness (QED) is 0.692. The molecule has 0 unspecified atom stereocenters. The normalized spacial score (nSPS) is 20.4. The first kappa shape index (κ1) is 16.8. The van der Waals surface area contributed by atoms with E-state index in [0.717, 1.165) is 42.4 Å². The van der Waals surface area contributed by atoms with E-state index in [1.165, 1.54) is 31.4 Å². The molecule has 3 aromatic rings. The van der Waals surface area contributed by atoms with E-state index < -0.39 is 0 Å². The maximum atomic E-state index is 5.02. The van der Waals surface area contributed by atoms with Crippen LogP contribution < -0.4 is 4.90 Å². The average Bonchev–Trinajstić information content (AvgIpc) is 3.28. The molecular formula is C21H23N5S. The number of fused-ring (bicyclic) bond motifs is 1. The van der Waals surface area contributed by atoms with Crippen LogP contribution in [0.4, 0.5) is 5.95 Å². The molecule has 27 heavy (non-hydrogen) atoms. The van der Waals surface area contributed by atoms with E-state index in [0.29, 0.717) is 6.04 Å². The summed E-state index contributed by atoms with van der Waals surface area (Å²) in [7, 11) is 0. The molecule has 1 atom stereocenters. The van der Waals surface area contributed by atoms with Crippen LogP contribution in [0.3, 0.4) is 0 Å². The molecule has 2 aliphatic rings. The Kier molecular flexibility index (Phi) is 4.59. The average molecular weight is 378 g/mol. The number of aromatic nitrogens is 3. The number of hydrogen-bond donors (Lipinski definition) is 0. The third-order valence-electron chi connectivity index (χ3n) is 5.66. The maximum Gasteiger partial charge on any atom is 0.225 e. The Balaban J connectivity index is 1.51. The molecule has 0 bridgehead atoms. The molecule has 0 N–H and O–H groups in total. The van der Waals surface area contributed by atoms with Gasteiger partial charge in [-0.3, -0.25) is 9.88 Å². The summed E-state index contributed by atoms with van der Waals surface area (Å²) in [5.41, 5.74) is 4.25. The Morgan fingerprint density at radius 3 is 2.89 bits per heavy atom. The maximum absolute atomic E-state index is 5.02. The minimum absolute atomic E-state index is 0.648. The number of anilines is 1. The third kappa shape index (κ3) is 3.35. The van der Waals surface area contributed by atoms with Crippen molar-refractivity contribution in [3.8, 4) is 22.4 Å². The van der Waals surface area contributed by atoms with Gasteiger partial charge in [0.25, 0.3) is 0 Å². The van der Waals surface area contributed by atoms with Crippen LogP contribution in [0.15, 0.2) is 47.5 Å². The first-order chi connectivity index (χ1) is 13.4. The lowest BCUT2D eigenvalue weighted by Crippen LogP contribution is -2.55. The molecule has 0 spiro atoms. The Bertz CT molecular complexity index is 896. The lowest BCUT2D eigenvalue weighted by atomic mass is 9.99. The summed E-state index contributed by atoms with van der Waals surface area (Å²) in [6.45, 7) is 4.39. The fraction of sp³-hybridized carbons (Fsp3) is 0.381. The zero-order valence-electron chi connectivity index (χ0n) is 15.3. The number of thiophene rings is 1. The largest absolute Gasteiger partial charge is 0.338 e. The molecule has 2 fully saturated rings. The summed E-state index contributed by atoms with van der Waals surface area (Å²) < 4.78 is 0. The van der Waals surface area contributed by atoms with Crippen LogP contribution in [-0.4, -0.2) is 52.1 Å². The van der Waals surface area contributed by atoms with Crippen LogP contribution in [0.1, 0.15) is 19.3 Å². The summed E-state index contributed by atoms with van der Waals surface area (Å²) >= 11 is 1.70. The van der Waals surface area contributed by atoms with Gasteiger partial charge in [-0.15, -0.1) is 0 Å². The molecule has 0 aromatic carbocycles. The van der Waals surface area contributed by atoms with Crippen molar-refractivity contribution in [2.24, 2.45) is 0 Å². The van der Waals surface area contributed by atoms with E-state index in [-0.39, 0.29) is 0 Å². The van der Waals surface area contributed by atoms with Gasteiger partial charge in [-0.1, -0.05) is 6.42 Å². The van der Waals surface area contributed by atoms with Crippen LogP contribution in [0.25, 0.3) is 22.4 Å². The van der Waals surface area contributed by atoms with Gasteiger partial charge < -0.3 is 4.90 Å². The molecule has 0 aliphatic carbocycles. The SMILES string of the molecule is c1cncc(-c2nc(N3CCN4CCCC[C@H]4C3)ncc2-c2ccsc2)c1. The number of piperidine rings is 1. The van der Waals surface area contributed by atoms with Crippen LogP contribution >= 0.6 is 11.3 Å². The fourth-order valence-electron chi connectivity index (χ4n) is 4.21. The van der Waals surface area contributed by atoms with Gasteiger partial charge in [0.1, 0.15) is 0 Å². The summed E-state index contributed by atoms with van der Waals surface area (Å²) in [4.78, 5) is 19.1. The minimum Gasteiger partial charge on any atom is -0.338 e. The van der Waals surface area contributed by atoms with Gasteiger partial charge in [-0.05, 0) is 53.9 Å². The molecule has 138 valence electrons. The van der Waals surface area contributed by atoms with E-state index in [4.69, 9.17) is 9.97 Å². The van der Waals surface area contributed by atoms with Gasteiger partial charge in [-0.2, -0.15) is 11.3 Å². The topological polar surface area (TPSA) is 45.2 Å². The molecule has 5 heterocycles. The molecule has 2 aliphatic heterocycles. The van der Waals surface area contributed by atoms with Gasteiger partial charge in [0.15, 0.2) is 0 Å². The molecule has 0 saturated carbocycles. The summed E-state index contributed by atoms with van der Waals surface area (Å²) in [5, 5.41) is 4.25. The predicted octanol–water partition coefficient (Wildman–Crippen LogP) is 3.94. The molecule has 5 nitrogen and oxygen atoms in total. The van der Waals surface area contributed by atoms with Crippen molar-refractivity contribution >= 4 is 17.3 Å². The molecule has 5 rings (SSSR count). The van der Waals surface area contributed by atoms with Crippen LogP contribution in [0.2, 0.25) is 0 Å². The van der Waals surface area contributed by atoms with Crippen molar-refractivity contribution in [3.63, 3.8) is 0 Å². The van der Waals surface area contributed by atoms with Crippen LogP contribution in [0.5, 0.6) is 0 Å². The van der Waals surface area contributed by atoms with Crippen molar-refractivity contribution in [1.29, 1.82) is 0 Å². The number of rotatable bonds is 3. The summed E-state index contributed by atoms with van der Waals surface area (Å²) in [5.74, 6) is 0.845. The zero-order chi connectivity index (χ0) is 18.1. The summed E-state index contributed by atoms with van der Waals surface area (Å²) in [6.07, 6.45) is 9.65. The molecule has 2 saturated heterocycles. The second-order valence-corrected chi connectivity index (χ2v) is 8.10. The van der Waals surface area contributed by atoms with Gasteiger partial charge in [0, 0.05) is 55.4 Å². The Morgan fingerprint density at radius 1 is 1.04 bits per heavy atom. The lowest BCUT2D eigenvalue weighted by Gasteiger charge is -2.44. The monoisotopic (exact) mass is 377 g/mol. The second kappa shape index (κ2) is 7.37. The van der Waals surface area contributed by atoms with Gasteiger partial charge >= 0.3 is 0 Å². The van der Waals surface area contributed by atoms with Gasteiger partial charge in [0.2, 0.25) is 5.95 Å². The van der Waals surface area contributed by atoms with Crippen molar-refractivity contribution < 1.29 is 0 Å². The van der Waals surface area contributed by atoms with Gasteiger partial charge in [0.05, 0.1) is 5.69 Å². The lowest BCUT2D eigenvalue weighted by molar-refractivity contribution is 0.133. The Hall–Kier alpha value is -2.31. The molecule has 6 heteroatoms. The highest BCUT2D eigenvalue weighted by molar-refractivity contribution is 7.08. The van der Waals surface area contributed by atoms with E-state index >= 15 is 0 Å². The predicted molar refractivity (Wildman–Crippen MR) is 110 cm³/mol. The van der Waals surface area contributed by atoms with Crippen molar-refractivity contribution in [2.45, 2.75) is 25.3 Å². The highest BCUT2D eigenvalue weighted by Gasteiger charge is 2.30. The van der Waals surface area contributed by atoms with Gasteiger partial charge in [-0.25, -0.2) is 9.97 Å². The fourth-order valence-corrected chi connectivity index (χ4v) is 4.87. The Morgan fingerprint density at radius 2 is 2.04 bits per heavy atom.